The van der Waals surface area contributed by atoms with E-state index in [2.05, 4.69) is 15.3 Å². The van der Waals surface area contributed by atoms with Crippen molar-refractivity contribution in [2.24, 2.45) is 0 Å². The van der Waals surface area contributed by atoms with Gasteiger partial charge in [0.1, 0.15) is 96.7 Å². The normalized spacial score (nSPS) is 10.9. The van der Waals surface area contributed by atoms with Gasteiger partial charge in [-0.05, 0) is 76.6 Å². The number of nitro groups is 2. The third kappa shape index (κ3) is 14.5. The maximum atomic E-state index is 13.4. The smallest absolute Gasteiger partial charge is 0.374 e. The topological polar surface area (TPSA) is 418 Å². The van der Waals surface area contributed by atoms with Crippen LogP contribution >= 0.6 is 0 Å². The number of aliphatic carboxylic acids is 1. The summed E-state index contributed by atoms with van der Waals surface area (Å²) in [5.41, 5.74) is 10.5. The van der Waals surface area contributed by atoms with Crippen LogP contribution in [0, 0.1) is 34.1 Å². The van der Waals surface area contributed by atoms with E-state index in [4.69, 9.17) is 49.1 Å². The van der Waals surface area contributed by atoms with Crippen LogP contribution in [0.5, 0.6) is 17.2 Å². The van der Waals surface area contributed by atoms with E-state index in [9.17, 15) is 58.9 Å². The Morgan fingerprint density at radius 1 is 0.691 bits per heavy atom. The molecule has 0 radical (unpaired) electrons. The number of hydrogen-bond acceptors (Lipinski definition) is 23. The summed E-state index contributed by atoms with van der Waals surface area (Å²) in [6.45, 7) is 1.35. The van der Waals surface area contributed by atoms with E-state index in [1.54, 1.807) is 38.1 Å². The van der Waals surface area contributed by atoms with Crippen molar-refractivity contribution in [3.63, 3.8) is 0 Å². The van der Waals surface area contributed by atoms with Gasteiger partial charge in [0, 0.05) is 49.5 Å². The van der Waals surface area contributed by atoms with Crippen LogP contribution in [-0.4, -0.2) is 108 Å². The highest BCUT2D eigenvalue weighted by Crippen LogP contribution is 2.28. The summed E-state index contributed by atoms with van der Waals surface area (Å²) >= 11 is 0. The number of imidazole rings is 2. The van der Waals surface area contributed by atoms with Gasteiger partial charge >= 0.3 is 35.5 Å². The van der Waals surface area contributed by atoms with E-state index in [0.717, 1.165) is 24.5 Å². The van der Waals surface area contributed by atoms with Gasteiger partial charge in [0.25, 0.3) is 5.91 Å². The van der Waals surface area contributed by atoms with Crippen LogP contribution in [0.4, 0.5) is 23.0 Å². The molecule has 4 heterocycles. The monoisotopic (exact) mass is 1120 g/mol. The second kappa shape index (κ2) is 25.8. The second-order valence-corrected chi connectivity index (χ2v) is 17.1. The molecular weight excluding hydrogens is 1070 g/mol. The Kier molecular flexibility index (Phi) is 18.3. The number of rotatable bonds is 22. The first kappa shape index (κ1) is 57.6. The highest BCUT2D eigenvalue weighted by molar-refractivity contribution is 5.95. The number of phenols is 1. The van der Waals surface area contributed by atoms with Crippen molar-refractivity contribution in [3.05, 3.63) is 178 Å². The van der Waals surface area contributed by atoms with Gasteiger partial charge in [-0.2, -0.15) is 0 Å². The Morgan fingerprint density at radius 3 is 1.64 bits per heavy atom. The number of nitrogen functional groups attached to an aromatic ring is 2. The zero-order valence-electron chi connectivity index (χ0n) is 42.6. The number of fused-ring (bicyclic) bond motifs is 2. The number of carboxylic acids is 1. The number of ether oxygens (including phenoxy) is 5. The van der Waals surface area contributed by atoms with Crippen molar-refractivity contribution < 1.29 is 76.6 Å². The van der Waals surface area contributed by atoms with Crippen molar-refractivity contribution in [2.45, 2.75) is 39.5 Å². The molecule has 29 nitrogen and oxygen atoms in total. The molecule has 0 aliphatic carbocycles. The summed E-state index contributed by atoms with van der Waals surface area (Å²) in [5, 5.41) is 43.6. The standard InChI is InChI=1S/C42H35N7O17.C10H12N2O3/c1-22-44-18-36(48(56)57)46(22)11-13-60-41(54)34-16-28(51)38-30(5-3-7-32(38)65-34)62-20-25(64-40(53)26-15-24(43)9-10-27(26)50)21-63-31-6-4-8-33-39(31)29(52)17-35(66-33)42(55)61-14-12-47-23(2)45-19-37(47)49(58)59;11-8-3-1-7(2-4-8)10(15)12-6-5-9(13)14/h3-10,15-19,25,50H,11-14,20-21,43H2,1-2H3;1-4H,5-6,11H2,(H,12,15)(H,13,14). The van der Waals surface area contributed by atoms with E-state index in [1.807, 2.05) is 0 Å². The van der Waals surface area contributed by atoms with Gasteiger partial charge in [-0.1, -0.05) is 12.1 Å². The first-order valence-corrected chi connectivity index (χ1v) is 23.9. The summed E-state index contributed by atoms with van der Waals surface area (Å²) in [5.74, 6) is -5.83. The van der Waals surface area contributed by atoms with Crippen molar-refractivity contribution in [1.82, 2.24) is 24.4 Å². The van der Waals surface area contributed by atoms with Gasteiger partial charge in [0.2, 0.25) is 11.5 Å². The Balaban J connectivity index is 0.000000547. The Bertz CT molecular complexity index is 3650. The number of aromatic hydroxyl groups is 1. The molecule has 1 amide bonds. The number of nitrogens with zero attached hydrogens (tertiary/aromatic N) is 6. The lowest BCUT2D eigenvalue weighted by molar-refractivity contribution is -0.392. The zero-order chi connectivity index (χ0) is 58.5. The molecule has 0 saturated carbocycles. The Morgan fingerprint density at radius 2 is 1.17 bits per heavy atom. The molecule has 0 atom stereocenters. The number of carbonyl (C=O) groups excluding carboxylic acids is 4. The molecule has 420 valence electrons. The molecule has 0 unspecified atom stereocenters. The third-order valence-electron chi connectivity index (χ3n) is 11.5. The first-order chi connectivity index (χ1) is 38.7. The molecule has 0 fully saturated rings. The van der Waals surface area contributed by atoms with Gasteiger partial charge in [0.05, 0.1) is 6.42 Å². The minimum Gasteiger partial charge on any atom is -0.507 e. The number of amides is 1. The number of benzene rings is 4. The number of aryl methyl sites for hydroxylation is 2. The number of hydrogen-bond donors (Lipinski definition) is 5. The second-order valence-electron chi connectivity index (χ2n) is 17.1. The van der Waals surface area contributed by atoms with Crippen molar-refractivity contribution in [3.8, 4) is 17.2 Å². The Labute approximate surface area is 454 Å². The van der Waals surface area contributed by atoms with Crippen LogP contribution < -0.4 is 37.1 Å². The van der Waals surface area contributed by atoms with Gasteiger partial charge in [-0.3, -0.25) is 19.2 Å². The van der Waals surface area contributed by atoms with Crippen LogP contribution in [0.25, 0.3) is 21.9 Å². The Hall–Kier alpha value is -11.1. The molecule has 0 saturated heterocycles. The summed E-state index contributed by atoms with van der Waals surface area (Å²) in [7, 11) is 0. The number of nitrogens with one attached hydrogen (secondary N) is 1. The van der Waals surface area contributed by atoms with Crippen LogP contribution in [0.1, 0.15) is 59.9 Å². The minimum atomic E-state index is -1.34. The molecule has 0 aliphatic heterocycles. The fourth-order valence-corrected chi connectivity index (χ4v) is 7.59. The highest BCUT2D eigenvalue weighted by Gasteiger charge is 2.26. The minimum absolute atomic E-state index is 0.0690. The predicted molar refractivity (Wildman–Crippen MR) is 281 cm³/mol. The molecule has 8 aromatic rings. The number of anilines is 2. The molecule has 8 rings (SSSR count). The highest BCUT2D eigenvalue weighted by atomic mass is 16.6. The number of esters is 3. The number of phenolic OH excluding ortho intramolecular Hbond substituents is 1. The van der Waals surface area contributed by atoms with Crippen LogP contribution in [0.3, 0.4) is 0 Å². The maximum Gasteiger partial charge on any atom is 0.374 e. The zero-order valence-corrected chi connectivity index (χ0v) is 42.6. The van der Waals surface area contributed by atoms with E-state index in [-0.39, 0.29) is 102 Å². The lowest BCUT2D eigenvalue weighted by Crippen LogP contribution is -2.31. The van der Waals surface area contributed by atoms with Gasteiger partial charge in [0.15, 0.2) is 28.6 Å². The summed E-state index contributed by atoms with van der Waals surface area (Å²) in [6, 6.07) is 20.4. The van der Waals surface area contributed by atoms with Crippen molar-refractivity contribution >= 4 is 74.7 Å². The fourth-order valence-electron chi connectivity index (χ4n) is 7.59. The molecule has 29 heteroatoms. The fraction of sp³-hybridized carbons (Fsp3) is 0.212. The average Bonchev–Trinajstić information content (AvgIpc) is 4.24. The van der Waals surface area contributed by atoms with Crippen molar-refractivity contribution in [2.75, 3.05) is 44.4 Å². The third-order valence-corrected chi connectivity index (χ3v) is 11.5. The SMILES string of the molecule is Cc1ncc([N+](=O)[O-])n1CCOC(=O)c1cc(=O)c2c(OCC(COc3cccc4oc(C(=O)OCCn5c([N+](=O)[O-])cnc5C)cc(=O)c34)OC(=O)c3cc(N)ccc3O)cccc2o1.Nc1ccc(C(=O)NCCC(=O)O)cc1. The molecule has 7 N–H and O–H groups in total. The van der Waals surface area contributed by atoms with E-state index in [0.29, 0.717) is 22.9 Å². The summed E-state index contributed by atoms with van der Waals surface area (Å²) < 4.78 is 41.9. The predicted octanol–water partition coefficient (Wildman–Crippen LogP) is 4.88. The van der Waals surface area contributed by atoms with Crippen molar-refractivity contribution in [1.29, 1.82) is 0 Å². The molecule has 0 aliphatic rings. The molecule has 81 heavy (non-hydrogen) atoms. The van der Waals surface area contributed by atoms with Gasteiger partial charge < -0.3 is 79.7 Å². The van der Waals surface area contributed by atoms with Gasteiger partial charge in [-0.25, -0.2) is 33.5 Å². The summed E-state index contributed by atoms with van der Waals surface area (Å²) in [4.78, 5) is 117. The molecule has 4 aromatic carbocycles. The number of carboxylic acid groups (broad SMARTS) is 1. The first-order valence-electron chi connectivity index (χ1n) is 23.9. The van der Waals surface area contributed by atoms with Crippen LogP contribution in [0.2, 0.25) is 0 Å². The lowest BCUT2D eigenvalue weighted by atomic mass is 10.2. The summed E-state index contributed by atoms with van der Waals surface area (Å²) in [6.07, 6.45) is 0.723. The molecule has 0 bridgehead atoms. The van der Waals surface area contributed by atoms with Crippen LogP contribution in [-0.2, 0) is 32.1 Å². The molecular formula is C52H47N9O20. The number of carbonyl (C=O) groups is 5. The quantitative estimate of drug-likeness (QED) is 0.0151. The number of nitrogens with two attached hydrogens (primary N) is 2. The molecule has 4 aromatic heterocycles. The lowest BCUT2D eigenvalue weighted by Gasteiger charge is -2.20. The average molecular weight is 1120 g/mol. The van der Waals surface area contributed by atoms with Crippen LogP contribution in [0.15, 0.2) is 122 Å². The van der Waals surface area contributed by atoms with E-state index in [1.165, 1.54) is 63.7 Å². The number of aromatic nitrogens is 4. The van der Waals surface area contributed by atoms with E-state index >= 15 is 0 Å². The maximum absolute atomic E-state index is 13.4. The largest absolute Gasteiger partial charge is 0.507 e. The molecule has 0 spiro atoms. The van der Waals surface area contributed by atoms with E-state index < -0.39 is 81.2 Å². The van der Waals surface area contributed by atoms with Gasteiger partial charge in [-0.15, -0.1) is 0 Å².